The van der Waals surface area contributed by atoms with E-state index in [1.165, 1.54) is 13.3 Å². The smallest absolute Gasteiger partial charge is 0.360 e. The Kier molecular flexibility index (Phi) is 4.31. The van der Waals surface area contributed by atoms with Crippen LogP contribution >= 0.6 is 0 Å². The standard InChI is InChI=1S/C12H12N6O2/c1-20-12(19)11-8-18(17-15-11)7-10-4-2-9(3-5-10)6-14-16-13/h2-5,8H,6-7H2,1H3. The van der Waals surface area contributed by atoms with Crippen LogP contribution in [-0.4, -0.2) is 28.1 Å². The van der Waals surface area contributed by atoms with Gasteiger partial charge in [-0.25, -0.2) is 9.48 Å². The molecule has 0 amide bonds. The summed E-state index contributed by atoms with van der Waals surface area (Å²) in [5.74, 6) is -0.513. The van der Waals surface area contributed by atoms with Gasteiger partial charge >= 0.3 is 5.97 Å². The number of azide groups is 1. The van der Waals surface area contributed by atoms with Gasteiger partial charge in [-0.05, 0) is 16.7 Å². The van der Waals surface area contributed by atoms with Crippen molar-refractivity contribution in [1.29, 1.82) is 0 Å². The molecule has 0 fully saturated rings. The van der Waals surface area contributed by atoms with Crippen molar-refractivity contribution < 1.29 is 9.53 Å². The van der Waals surface area contributed by atoms with E-state index in [-0.39, 0.29) is 5.69 Å². The van der Waals surface area contributed by atoms with Crippen molar-refractivity contribution in [2.24, 2.45) is 5.11 Å². The summed E-state index contributed by atoms with van der Waals surface area (Å²) in [7, 11) is 1.30. The monoisotopic (exact) mass is 272 g/mol. The Bertz CT molecular complexity index is 642. The highest BCUT2D eigenvalue weighted by molar-refractivity contribution is 5.86. The van der Waals surface area contributed by atoms with Gasteiger partial charge in [0.2, 0.25) is 0 Å². The number of carbonyl (C=O) groups excluding carboxylic acids is 1. The van der Waals surface area contributed by atoms with Gasteiger partial charge in [0.15, 0.2) is 5.69 Å². The summed E-state index contributed by atoms with van der Waals surface area (Å²) in [6.07, 6.45) is 1.53. The van der Waals surface area contributed by atoms with E-state index in [0.717, 1.165) is 11.1 Å². The second-order valence-corrected chi connectivity index (χ2v) is 4.00. The fourth-order valence-corrected chi connectivity index (χ4v) is 1.62. The van der Waals surface area contributed by atoms with E-state index >= 15 is 0 Å². The molecule has 20 heavy (non-hydrogen) atoms. The zero-order valence-electron chi connectivity index (χ0n) is 10.8. The molecule has 0 unspecified atom stereocenters. The lowest BCUT2D eigenvalue weighted by Gasteiger charge is -2.02. The fourth-order valence-electron chi connectivity index (χ4n) is 1.62. The van der Waals surface area contributed by atoms with Gasteiger partial charge in [-0.3, -0.25) is 0 Å². The normalized spacial score (nSPS) is 9.85. The van der Waals surface area contributed by atoms with Gasteiger partial charge in [0.25, 0.3) is 0 Å². The SMILES string of the molecule is COC(=O)c1cn(Cc2ccc(CN=[N+]=[N-])cc2)nn1. The van der Waals surface area contributed by atoms with Crippen molar-refractivity contribution in [3.05, 3.63) is 57.7 Å². The van der Waals surface area contributed by atoms with Crippen LogP contribution in [0.15, 0.2) is 35.6 Å². The van der Waals surface area contributed by atoms with E-state index < -0.39 is 5.97 Å². The molecule has 2 rings (SSSR count). The molecule has 0 radical (unpaired) electrons. The highest BCUT2D eigenvalue weighted by Crippen LogP contribution is 2.07. The van der Waals surface area contributed by atoms with Gasteiger partial charge in [-0.1, -0.05) is 34.6 Å². The molecule has 0 aliphatic carbocycles. The second kappa shape index (κ2) is 6.35. The predicted octanol–water partition coefficient (Wildman–Crippen LogP) is 1.92. The maximum absolute atomic E-state index is 11.2. The summed E-state index contributed by atoms with van der Waals surface area (Å²) in [5, 5.41) is 11.1. The van der Waals surface area contributed by atoms with Crippen LogP contribution in [-0.2, 0) is 17.8 Å². The summed E-state index contributed by atoms with van der Waals surface area (Å²) in [6.45, 7) is 0.818. The highest BCUT2D eigenvalue weighted by Gasteiger charge is 2.10. The van der Waals surface area contributed by atoms with Crippen molar-refractivity contribution in [1.82, 2.24) is 15.0 Å². The quantitative estimate of drug-likeness (QED) is 0.358. The summed E-state index contributed by atoms with van der Waals surface area (Å²) in [6, 6.07) is 7.56. The summed E-state index contributed by atoms with van der Waals surface area (Å²) >= 11 is 0. The number of hydrogen-bond acceptors (Lipinski definition) is 5. The lowest BCUT2D eigenvalue weighted by Crippen LogP contribution is -2.02. The van der Waals surface area contributed by atoms with Crippen LogP contribution in [0.2, 0.25) is 0 Å². The maximum atomic E-state index is 11.2. The number of ether oxygens (including phenoxy) is 1. The Hall–Kier alpha value is -2.86. The van der Waals surface area contributed by atoms with Crippen LogP contribution < -0.4 is 0 Å². The first kappa shape index (κ1) is 13.6. The molecule has 1 aromatic heterocycles. The number of nitrogens with zero attached hydrogens (tertiary/aromatic N) is 6. The molecule has 0 atom stereocenters. The van der Waals surface area contributed by atoms with E-state index in [9.17, 15) is 4.79 Å². The van der Waals surface area contributed by atoms with Gasteiger partial charge in [-0.15, -0.1) is 5.10 Å². The van der Waals surface area contributed by atoms with Gasteiger partial charge in [0.1, 0.15) is 0 Å². The zero-order valence-corrected chi connectivity index (χ0v) is 10.8. The minimum Gasteiger partial charge on any atom is -0.464 e. The van der Waals surface area contributed by atoms with Crippen LogP contribution in [0.1, 0.15) is 21.6 Å². The molecule has 8 heteroatoms. The Morgan fingerprint density at radius 2 is 2.10 bits per heavy atom. The molecule has 8 nitrogen and oxygen atoms in total. The molecule has 0 N–H and O–H groups in total. The van der Waals surface area contributed by atoms with Crippen molar-refractivity contribution in [2.45, 2.75) is 13.1 Å². The molecule has 2 aromatic rings. The number of methoxy groups -OCH3 is 1. The Morgan fingerprint density at radius 1 is 1.40 bits per heavy atom. The van der Waals surface area contributed by atoms with Crippen molar-refractivity contribution in [2.75, 3.05) is 7.11 Å². The third-order valence-electron chi connectivity index (χ3n) is 2.62. The Morgan fingerprint density at radius 3 is 2.75 bits per heavy atom. The third-order valence-corrected chi connectivity index (χ3v) is 2.62. The molecule has 1 heterocycles. The molecular formula is C12H12N6O2. The van der Waals surface area contributed by atoms with Crippen LogP contribution in [0, 0.1) is 0 Å². The van der Waals surface area contributed by atoms with Gasteiger partial charge in [-0.2, -0.15) is 0 Å². The van der Waals surface area contributed by atoms with E-state index in [2.05, 4.69) is 25.1 Å². The molecule has 102 valence electrons. The topological polar surface area (TPSA) is 106 Å². The third kappa shape index (κ3) is 3.33. The lowest BCUT2D eigenvalue weighted by molar-refractivity contribution is 0.0594. The molecular weight excluding hydrogens is 260 g/mol. The van der Waals surface area contributed by atoms with E-state index in [0.29, 0.717) is 13.1 Å². The van der Waals surface area contributed by atoms with E-state index in [1.807, 2.05) is 24.3 Å². The number of rotatable bonds is 5. The molecule has 0 spiro atoms. The van der Waals surface area contributed by atoms with Crippen LogP contribution in [0.25, 0.3) is 10.4 Å². The summed E-state index contributed by atoms with van der Waals surface area (Å²) in [4.78, 5) is 14.0. The van der Waals surface area contributed by atoms with Gasteiger partial charge < -0.3 is 4.74 Å². The molecule has 0 aliphatic heterocycles. The van der Waals surface area contributed by atoms with Gasteiger partial charge in [0.05, 0.1) is 26.4 Å². The van der Waals surface area contributed by atoms with Gasteiger partial charge in [0, 0.05) is 4.91 Å². The number of benzene rings is 1. The van der Waals surface area contributed by atoms with Crippen molar-refractivity contribution in [3.63, 3.8) is 0 Å². The van der Waals surface area contributed by atoms with Crippen LogP contribution in [0.4, 0.5) is 0 Å². The average Bonchev–Trinajstić information content (AvgIpc) is 2.94. The first-order chi connectivity index (χ1) is 9.72. The number of carbonyl (C=O) groups is 1. The zero-order chi connectivity index (χ0) is 14.4. The highest BCUT2D eigenvalue weighted by atomic mass is 16.5. The first-order valence-electron chi connectivity index (χ1n) is 5.80. The summed E-state index contributed by atoms with van der Waals surface area (Å²) < 4.78 is 6.11. The molecule has 0 aliphatic rings. The first-order valence-corrected chi connectivity index (χ1v) is 5.80. The molecule has 0 bridgehead atoms. The molecule has 1 aromatic carbocycles. The molecule has 0 saturated carbocycles. The average molecular weight is 272 g/mol. The number of esters is 1. The summed E-state index contributed by atoms with van der Waals surface area (Å²) in [5.41, 5.74) is 10.3. The van der Waals surface area contributed by atoms with E-state index in [1.54, 1.807) is 4.68 Å². The maximum Gasteiger partial charge on any atom is 0.360 e. The largest absolute Gasteiger partial charge is 0.464 e. The minimum atomic E-state index is -0.513. The van der Waals surface area contributed by atoms with Crippen molar-refractivity contribution >= 4 is 5.97 Å². The van der Waals surface area contributed by atoms with E-state index in [4.69, 9.17) is 5.53 Å². The molecule has 0 saturated heterocycles. The second-order valence-electron chi connectivity index (χ2n) is 4.00. The Balaban J connectivity index is 2.04. The lowest BCUT2D eigenvalue weighted by atomic mass is 10.1. The Labute approximate surface area is 114 Å². The van der Waals surface area contributed by atoms with Crippen molar-refractivity contribution in [3.8, 4) is 0 Å². The number of hydrogen-bond donors (Lipinski definition) is 0. The van der Waals surface area contributed by atoms with Crippen LogP contribution in [0.5, 0.6) is 0 Å². The minimum absolute atomic E-state index is 0.174. The van der Waals surface area contributed by atoms with Crippen LogP contribution in [0.3, 0.4) is 0 Å². The number of aromatic nitrogens is 3. The predicted molar refractivity (Wildman–Crippen MR) is 69.8 cm³/mol. The fraction of sp³-hybridized carbons (Fsp3) is 0.250.